The zero-order valence-corrected chi connectivity index (χ0v) is 10.5. The van der Waals surface area contributed by atoms with Crippen LogP contribution in [0.25, 0.3) is 0 Å². The average molecular weight is 236 g/mol. The normalized spacial score (nSPS) is 9.25. The van der Waals surface area contributed by atoms with Gasteiger partial charge in [0.15, 0.2) is 0 Å². The second-order valence-corrected chi connectivity index (χ2v) is 2.69. The predicted molar refractivity (Wildman–Crippen MR) is 61.3 cm³/mol. The van der Waals surface area contributed by atoms with Crippen LogP contribution in [-0.4, -0.2) is 50.7 Å². The summed E-state index contributed by atoms with van der Waals surface area (Å²) in [6.07, 6.45) is 0.389. The molecular formula is C11H24O5. The quantitative estimate of drug-likeness (QED) is 0.503. The zero-order valence-electron chi connectivity index (χ0n) is 10.5. The molecule has 5 nitrogen and oxygen atoms in total. The van der Waals surface area contributed by atoms with E-state index in [1.54, 1.807) is 6.92 Å². The Balaban J connectivity index is 0. The van der Waals surface area contributed by atoms with E-state index in [1.165, 1.54) is 0 Å². The van der Waals surface area contributed by atoms with Crippen LogP contribution >= 0.6 is 0 Å². The maximum atomic E-state index is 10.5. The zero-order chi connectivity index (χ0) is 12.6. The van der Waals surface area contributed by atoms with Crippen molar-refractivity contribution >= 4 is 5.97 Å². The third-order valence-corrected chi connectivity index (χ3v) is 1.42. The standard InChI is InChI=1S/C7H14O4.C4H10O/c1-2-7(9)11-6-5-10-4-3-8;1-3-5-4-2/h8H,2-6H2,1H3;3-4H2,1-2H3. The number of hydrogen-bond donors (Lipinski definition) is 1. The van der Waals surface area contributed by atoms with Crippen molar-refractivity contribution in [3.8, 4) is 0 Å². The minimum absolute atomic E-state index is 0.00171. The highest BCUT2D eigenvalue weighted by molar-refractivity contribution is 5.68. The van der Waals surface area contributed by atoms with Crippen molar-refractivity contribution in [1.29, 1.82) is 0 Å². The molecule has 0 atom stereocenters. The smallest absolute Gasteiger partial charge is 0.305 e. The number of ether oxygens (including phenoxy) is 3. The topological polar surface area (TPSA) is 65.0 Å². The van der Waals surface area contributed by atoms with Crippen molar-refractivity contribution in [2.45, 2.75) is 27.2 Å². The van der Waals surface area contributed by atoms with Crippen LogP contribution in [0.15, 0.2) is 0 Å². The van der Waals surface area contributed by atoms with Crippen molar-refractivity contribution in [2.24, 2.45) is 0 Å². The molecule has 0 saturated carbocycles. The van der Waals surface area contributed by atoms with Gasteiger partial charge in [-0.25, -0.2) is 0 Å². The molecule has 0 aromatic rings. The summed E-state index contributed by atoms with van der Waals surface area (Å²) < 4.78 is 14.4. The van der Waals surface area contributed by atoms with Gasteiger partial charge < -0.3 is 19.3 Å². The largest absolute Gasteiger partial charge is 0.463 e. The van der Waals surface area contributed by atoms with Gasteiger partial charge in [0.25, 0.3) is 0 Å². The molecule has 5 heteroatoms. The molecule has 0 saturated heterocycles. The molecule has 0 unspecified atom stereocenters. The highest BCUT2D eigenvalue weighted by Gasteiger charge is 1.96. The van der Waals surface area contributed by atoms with E-state index in [4.69, 9.17) is 19.3 Å². The fourth-order valence-electron chi connectivity index (χ4n) is 0.687. The van der Waals surface area contributed by atoms with Gasteiger partial charge in [-0.05, 0) is 13.8 Å². The van der Waals surface area contributed by atoms with Gasteiger partial charge in [0.05, 0.1) is 19.8 Å². The van der Waals surface area contributed by atoms with Gasteiger partial charge >= 0.3 is 5.97 Å². The number of carbonyl (C=O) groups is 1. The number of aliphatic hydroxyl groups is 1. The molecule has 0 amide bonds. The summed E-state index contributed by atoms with van der Waals surface area (Å²) in [4.78, 5) is 10.5. The van der Waals surface area contributed by atoms with Crippen molar-refractivity contribution < 1.29 is 24.1 Å². The minimum Gasteiger partial charge on any atom is -0.463 e. The first-order chi connectivity index (χ1) is 7.72. The van der Waals surface area contributed by atoms with E-state index >= 15 is 0 Å². The lowest BCUT2D eigenvalue weighted by molar-refractivity contribution is -0.144. The number of aliphatic hydroxyl groups excluding tert-OH is 1. The van der Waals surface area contributed by atoms with Crippen LogP contribution in [0.1, 0.15) is 27.2 Å². The molecule has 0 fully saturated rings. The summed E-state index contributed by atoms with van der Waals surface area (Å²) in [5, 5.41) is 8.29. The van der Waals surface area contributed by atoms with Crippen LogP contribution in [0.5, 0.6) is 0 Å². The Morgan fingerprint density at radius 3 is 2.00 bits per heavy atom. The molecule has 0 aliphatic heterocycles. The van der Waals surface area contributed by atoms with E-state index < -0.39 is 0 Å². The van der Waals surface area contributed by atoms with Gasteiger partial charge in [0.2, 0.25) is 0 Å². The second-order valence-electron chi connectivity index (χ2n) is 2.69. The molecule has 0 aromatic carbocycles. The first-order valence-electron chi connectivity index (χ1n) is 5.64. The second kappa shape index (κ2) is 16.8. The SMILES string of the molecule is CCC(=O)OCCOCCO.CCOCC. The molecule has 0 aromatic heterocycles. The fourth-order valence-corrected chi connectivity index (χ4v) is 0.687. The third-order valence-electron chi connectivity index (χ3n) is 1.42. The lowest BCUT2D eigenvalue weighted by Crippen LogP contribution is -2.10. The number of esters is 1. The summed E-state index contributed by atoms with van der Waals surface area (Å²) >= 11 is 0. The third kappa shape index (κ3) is 19.0. The van der Waals surface area contributed by atoms with E-state index in [1.807, 2.05) is 13.8 Å². The molecule has 0 heterocycles. The number of hydrogen-bond acceptors (Lipinski definition) is 5. The van der Waals surface area contributed by atoms with Crippen LogP contribution in [0.4, 0.5) is 0 Å². The van der Waals surface area contributed by atoms with Crippen LogP contribution in [0.2, 0.25) is 0 Å². The Morgan fingerprint density at radius 1 is 1.00 bits per heavy atom. The summed E-state index contributed by atoms with van der Waals surface area (Å²) in [7, 11) is 0. The first kappa shape index (κ1) is 17.7. The molecule has 16 heavy (non-hydrogen) atoms. The predicted octanol–water partition coefficient (Wildman–Crippen LogP) is 0.991. The van der Waals surface area contributed by atoms with Crippen molar-refractivity contribution in [3.05, 3.63) is 0 Å². The molecule has 0 bridgehead atoms. The average Bonchev–Trinajstić information content (AvgIpc) is 2.30. The van der Waals surface area contributed by atoms with E-state index in [9.17, 15) is 4.79 Å². The number of carbonyl (C=O) groups excluding carboxylic acids is 1. The van der Waals surface area contributed by atoms with E-state index in [0.29, 0.717) is 19.6 Å². The highest BCUT2D eigenvalue weighted by Crippen LogP contribution is 1.84. The minimum atomic E-state index is -0.224. The maximum absolute atomic E-state index is 10.5. The molecule has 0 spiro atoms. The molecule has 0 rings (SSSR count). The van der Waals surface area contributed by atoms with Crippen LogP contribution < -0.4 is 0 Å². The van der Waals surface area contributed by atoms with Gasteiger partial charge in [0.1, 0.15) is 6.61 Å². The van der Waals surface area contributed by atoms with Gasteiger partial charge in [-0.3, -0.25) is 4.79 Å². The Labute approximate surface area is 97.7 Å². The summed E-state index contributed by atoms with van der Waals surface area (Å²) in [6.45, 7) is 8.32. The molecule has 0 radical (unpaired) electrons. The maximum Gasteiger partial charge on any atom is 0.305 e. The summed E-state index contributed by atoms with van der Waals surface area (Å²) in [5.41, 5.74) is 0. The highest BCUT2D eigenvalue weighted by atomic mass is 16.6. The summed E-state index contributed by atoms with van der Waals surface area (Å²) in [6, 6.07) is 0. The van der Waals surface area contributed by atoms with E-state index in [0.717, 1.165) is 13.2 Å². The van der Waals surface area contributed by atoms with Crippen LogP contribution in [-0.2, 0) is 19.0 Å². The van der Waals surface area contributed by atoms with Gasteiger partial charge in [-0.15, -0.1) is 0 Å². The van der Waals surface area contributed by atoms with Crippen LogP contribution in [0, 0.1) is 0 Å². The Morgan fingerprint density at radius 2 is 1.62 bits per heavy atom. The Kier molecular flexibility index (Phi) is 18.6. The fraction of sp³-hybridized carbons (Fsp3) is 0.909. The van der Waals surface area contributed by atoms with Gasteiger partial charge in [-0.1, -0.05) is 6.92 Å². The lowest BCUT2D eigenvalue weighted by atomic mass is 10.5. The van der Waals surface area contributed by atoms with E-state index in [-0.39, 0.29) is 19.2 Å². The van der Waals surface area contributed by atoms with Gasteiger partial charge in [0, 0.05) is 19.6 Å². The molecule has 98 valence electrons. The first-order valence-corrected chi connectivity index (χ1v) is 5.64. The number of rotatable bonds is 8. The molecule has 1 N–H and O–H groups in total. The Hall–Kier alpha value is -0.650. The van der Waals surface area contributed by atoms with Crippen molar-refractivity contribution in [2.75, 3.05) is 39.6 Å². The van der Waals surface area contributed by atoms with Crippen molar-refractivity contribution in [3.63, 3.8) is 0 Å². The van der Waals surface area contributed by atoms with Crippen molar-refractivity contribution in [1.82, 2.24) is 0 Å². The van der Waals surface area contributed by atoms with Crippen LogP contribution in [0.3, 0.4) is 0 Å². The Bertz CT molecular complexity index is 136. The van der Waals surface area contributed by atoms with Gasteiger partial charge in [-0.2, -0.15) is 0 Å². The monoisotopic (exact) mass is 236 g/mol. The molecule has 0 aliphatic carbocycles. The molecular weight excluding hydrogens is 212 g/mol. The molecule has 0 aliphatic rings. The summed E-state index contributed by atoms with van der Waals surface area (Å²) in [5.74, 6) is -0.224. The lowest BCUT2D eigenvalue weighted by Gasteiger charge is -2.02. The van der Waals surface area contributed by atoms with E-state index in [2.05, 4.69) is 0 Å².